The lowest BCUT2D eigenvalue weighted by Crippen LogP contribution is -2.19. The first-order valence-corrected chi connectivity index (χ1v) is 8.36. The van der Waals surface area contributed by atoms with Crippen molar-refractivity contribution < 1.29 is 9.90 Å². The van der Waals surface area contributed by atoms with Gasteiger partial charge in [0.25, 0.3) is 0 Å². The Labute approximate surface area is 156 Å². The quantitative estimate of drug-likeness (QED) is 0.386. The lowest BCUT2D eigenvalue weighted by molar-refractivity contribution is -0.120. The van der Waals surface area contributed by atoms with Gasteiger partial charge in [-0.05, 0) is 29.8 Å². The molecule has 2 N–H and O–H groups in total. The molecule has 3 aromatic carbocycles. The highest BCUT2D eigenvalue weighted by molar-refractivity contribution is 5.86. The Kier molecular flexibility index (Phi) is 6.04. The second kappa shape index (κ2) is 9.05. The van der Waals surface area contributed by atoms with Crippen LogP contribution in [-0.4, -0.2) is 17.2 Å². The molecule has 0 aliphatic rings. The first-order valence-electron chi connectivity index (χ1n) is 8.36. The highest BCUT2D eigenvalue weighted by Gasteiger charge is 2.03. The van der Waals surface area contributed by atoms with Crippen LogP contribution < -0.4 is 5.43 Å². The van der Waals surface area contributed by atoms with Crippen LogP contribution in [0.5, 0.6) is 5.75 Å². The van der Waals surface area contributed by atoms with E-state index in [1.807, 2.05) is 60.7 Å². The number of hydrogen-bond donors (Lipinski definition) is 2. The predicted octanol–water partition coefficient (Wildman–Crippen LogP) is 4.50. The van der Waals surface area contributed by atoms with Crippen LogP contribution in [0.4, 0.5) is 11.4 Å². The summed E-state index contributed by atoms with van der Waals surface area (Å²) in [5, 5.41) is 22.1. The zero-order valence-electron chi connectivity index (χ0n) is 14.5. The van der Waals surface area contributed by atoms with Crippen molar-refractivity contribution in [3.63, 3.8) is 0 Å². The lowest BCUT2D eigenvalue weighted by Gasteiger charge is -2.01. The summed E-state index contributed by atoms with van der Waals surface area (Å²) in [6.45, 7) is 0. The van der Waals surface area contributed by atoms with Crippen LogP contribution in [0.15, 0.2) is 94.2 Å². The number of azo groups is 1. The first-order chi connectivity index (χ1) is 13.2. The summed E-state index contributed by atoms with van der Waals surface area (Å²) in [5.41, 5.74) is 5.06. The topological polar surface area (TPSA) is 86.4 Å². The van der Waals surface area contributed by atoms with Gasteiger partial charge in [-0.15, -0.1) is 0 Å². The van der Waals surface area contributed by atoms with Gasteiger partial charge >= 0.3 is 0 Å². The maximum atomic E-state index is 11.8. The van der Waals surface area contributed by atoms with Gasteiger partial charge in [0.1, 0.15) is 5.75 Å². The van der Waals surface area contributed by atoms with Gasteiger partial charge in [-0.25, -0.2) is 5.43 Å². The summed E-state index contributed by atoms with van der Waals surface area (Å²) >= 11 is 0. The van der Waals surface area contributed by atoms with E-state index in [0.29, 0.717) is 11.3 Å². The van der Waals surface area contributed by atoms with Crippen LogP contribution >= 0.6 is 0 Å². The number of hydrazone groups is 1. The van der Waals surface area contributed by atoms with E-state index in [0.717, 1.165) is 11.3 Å². The van der Waals surface area contributed by atoms with Crippen molar-refractivity contribution in [3.05, 3.63) is 90.0 Å². The Hall–Kier alpha value is -3.80. The molecule has 0 aliphatic carbocycles. The van der Waals surface area contributed by atoms with Gasteiger partial charge in [0, 0.05) is 11.6 Å². The number of carbonyl (C=O) groups is 1. The molecule has 1 amide bonds. The number of phenolic OH excluding ortho intramolecular Hbond substituents is 1. The number of rotatable bonds is 6. The standard InChI is InChI=1S/C21H18N4O2/c26-20-14-19(24-23-18-9-5-2-6-10-18)12-11-17(20)15-22-25-21(27)13-16-7-3-1-4-8-16/h1-12,14-15,26H,13H2,(H,25,27)/b22-15-,24-23?. The predicted molar refractivity (Wildman–Crippen MR) is 105 cm³/mol. The Morgan fingerprint density at radius 2 is 1.56 bits per heavy atom. The largest absolute Gasteiger partial charge is 0.507 e. The number of benzene rings is 3. The molecule has 0 aromatic heterocycles. The molecule has 0 saturated heterocycles. The number of hydrogen-bond acceptors (Lipinski definition) is 5. The summed E-state index contributed by atoms with van der Waals surface area (Å²) in [6.07, 6.45) is 1.62. The third-order valence-corrected chi connectivity index (χ3v) is 3.65. The van der Waals surface area contributed by atoms with E-state index < -0.39 is 0 Å². The molecule has 6 nitrogen and oxygen atoms in total. The molecule has 3 aromatic rings. The molecule has 0 radical (unpaired) electrons. The molecule has 3 rings (SSSR count). The van der Waals surface area contributed by atoms with Gasteiger partial charge in [-0.1, -0.05) is 48.5 Å². The molecule has 0 saturated carbocycles. The molecule has 0 aliphatic heterocycles. The average Bonchev–Trinajstić information content (AvgIpc) is 2.69. The van der Waals surface area contributed by atoms with E-state index in [-0.39, 0.29) is 18.1 Å². The summed E-state index contributed by atoms with van der Waals surface area (Å²) in [4.78, 5) is 11.8. The molecule has 6 heteroatoms. The van der Waals surface area contributed by atoms with Crippen LogP contribution in [0.2, 0.25) is 0 Å². The second-order valence-electron chi connectivity index (χ2n) is 5.73. The van der Waals surface area contributed by atoms with Crippen LogP contribution in [0.1, 0.15) is 11.1 Å². The van der Waals surface area contributed by atoms with Crippen molar-refractivity contribution in [2.45, 2.75) is 6.42 Å². The fourth-order valence-corrected chi connectivity index (χ4v) is 2.31. The van der Waals surface area contributed by atoms with Gasteiger partial charge in [0.05, 0.1) is 24.0 Å². The minimum atomic E-state index is -0.231. The maximum Gasteiger partial charge on any atom is 0.244 e. The summed E-state index contributed by atoms with van der Waals surface area (Å²) < 4.78 is 0. The normalized spacial score (nSPS) is 11.1. The zero-order valence-corrected chi connectivity index (χ0v) is 14.5. The number of aromatic hydroxyl groups is 1. The molecule has 0 atom stereocenters. The van der Waals surface area contributed by atoms with Gasteiger partial charge < -0.3 is 5.11 Å². The Morgan fingerprint density at radius 1 is 0.889 bits per heavy atom. The van der Waals surface area contributed by atoms with E-state index in [2.05, 4.69) is 20.8 Å². The SMILES string of the molecule is O=C(Cc1ccccc1)N/N=C\c1ccc(N=Nc2ccccc2)cc1O. The first kappa shape index (κ1) is 18.0. The summed E-state index contributed by atoms with van der Waals surface area (Å²) in [6, 6.07) is 23.6. The van der Waals surface area contributed by atoms with Crippen molar-refractivity contribution in [1.82, 2.24) is 5.43 Å². The smallest absolute Gasteiger partial charge is 0.244 e. The molecule has 27 heavy (non-hydrogen) atoms. The van der Waals surface area contributed by atoms with Crippen LogP contribution in [0.3, 0.4) is 0 Å². The third kappa shape index (κ3) is 5.61. The molecule has 0 fully saturated rings. The maximum absolute atomic E-state index is 11.8. The van der Waals surface area contributed by atoms with Crippen molar-refractivity contribution >= 4 is 23.5 Å². The minimum absolute atomic E-state index is 0.000528. The van der Waals surface area contributed by atoms with E-state index in [1.54, 1.807) is 12.1 Å². The summed E-state index contributed by atoms with van der Waals surface area (Å²) in [7, 11) is 0. The highest BCUT2D eigenvalue weighted by atomic mass is 16.3. The van der Waals surface area contributed by atoms with Gasteiger partial charge in [-0.2, -0.15) is 15.3 Å². The van der Waals surface area contributed by atoms with E-state index in [9.17, 15) is 9.90 Å². The van der Waals surface area contributed by atoms with E-state index in [4.69, 9.17) is 0 Å². The van der Waals surface area contributed by atoms with Crippen LogP contribution in [-0.2, 0) is 11.2 Å². The number of amides is 1. The van der Waals surface area contributed by atoms with Crippen molar-refractivity contribution in [3.8, 4) is 5.75 Å². The molecular formula is C21H18N4O2. The average molecular weight is 358 g/mol. The third-order valence-electron chi connectivity index (χ3n) is 3.65. The highest BCUT2D eigenvalue weighted by Crippen LogP contribution is 2.24. The number of nitrogens with one attached hydrogen (secondary N) is 1. The van der Waals surface area contributed by atoms with Gasteiger partial charge in [0.15, 0.2) is 0 Å². The minimum Gasteiger partial charge on any atom is -0.507 e. The van der Waals surface area contributed by atoms with Gasteiger partial charge in [-0.3, -0.25) is 4.79 Å². The Bertz CT molecular complexity index is 954. The number of phenols is 1. The van der Waals surface area contributed by atoms with Crippen molar-refractivity contribution in [1.29, 1.82) is 0 Å². The Morgan fingerprint density at radius 3 is 2.26 bits per heavy atom. The second-order valence-corrected chi connectivity index (χ2v) is 5.73. The summed E-state index contributed by atoms with van der Waals surface area (Å²) in [5.74, 6) is -0.231. The lowest BCUT2D eigenvalue weighted by atomic mass is 10.1. The van der Waals surface area contributed by atoms with Crippen LogP contribution in [0.25, 0.3) is 0 Å². The van der Waals surface area contributed by atoms with Crippen LogP contribution in [0, 0.1) is 0 Å². The molecule has 134 valence electrons. The van der Waals surface area contributed by atoms with Crippen molar-refractivity contribution in [2.24, 2.45) is 15.3 Å². The fourth-order valence-electron chi connectivity index (χ4n) is 2.31. The fraction of sp³-hybridized carbons (Fsp3) is 0.0476. The molecule has 0 unspecified atom stereocenters. The van der Waals surface area contributed by atoms with E-state index >= 15 is 0 Å². The molecule has 0 heterocycles. The monoisotopic (exact) mass is 358 g/mol. The van der Waals surface area contributed by atoms with Crippen molar-refractivity contribution in [2.75, 3.05) is 0 Å². The number of nitrogens with zero attached hydrogens (tertiary/aromatic N) is 3. The van der Waals surface area contributed by atoms with Gasteiger partial charge in [0.2, 0.25) is 5.91 Å². The molecule has 0 bridgehead atoms. The van der Waals surface area contributed by atoms with E-state index in [1.165, 1.54) is 12.3 Å². The molecular weight excluding hydrogens is 340 g/mol. The Balaban J connectivity index is 1.58. The zero-order chi connectivity index (χ0) is 18.9. The number of carbonyl (C=O) groups excluding carboxylic acids is 1. The molecule has 0 spiro atoms.